The van der Waals surface area contributed by atoms with Gasteiger partial charge in [0.15, 0.2) is 0 Å². The summed E-state index contributed by atoms with van der Waals surface area (Å²) in [5, 5.41) is 13.8. The first kappa shape index (κ1) is 45.2. The Bertz CT molecular complexity index is 2270. The molecular formula is C44H57N7O8S2. The number of nitrogens with zero attached hydrogens (tertiary/aromatic N) is 2. The lowest BCUT2D eigenvalue weighted by Crippen LogP contribution is -2.62. The van der Waals surface area contributed by atoms with E-state index in [1.165, 1.54) is 22.3 Å². The number of rotatable bonds is 15. The van der Waals surface area contributed by atoms with Crippen molar-refractivity contribution < 1.29 is 37.1 Å². The minimum atomic E-state index is -4.19. The van der Waals surface area contributed by atoms with Gasteiger partial charge in [0.25, 0.3) is 5.91 Å². The molecule has 6 rings (SSSR count). The maximum atomic E-state index is 14.7. The zero-order valence-corrected chi connectivity index (χ0v) is 37.4. The van der Waals surface area contributed by atoms with Gasteiger partial charge in [-0.05, 0) is 81.5 Å². The molecule has 3 fully saturated rings. The van der Waals surface area contributed by atoms with Crippen LogP contribution in [0.15, 0.2) is 72.8 Å². The van der Waals surface area contributed by atoms with Crippen molar-refractivity contribution >= 4 is 56.9 Å². The number of hydrogen-bond donors (Lipinski definition) is 5. The number of carbonyl (C=O) groups is 5. The zero-order chi connectivity index (χ0) is 44.5. The number of benzene rings is 2. The van der Waals surface area contributed by atoms with Crippen molar-refractivity contribution in [2.24, 2.45) is 11.3 Å². The summed E-state index contributed by atoms with van der Waals surface area (Å²) in [5.74, 6) is -2.86. The molecule has 6 amide bonds. The van der Waals surface area contributed by atoms with Crippen molar-refractivity contribution in [2.45, 2.75) is 121 Å². The Labute approximate surface area is 361 Å². The second-order valence-electron chi connectivity index (χ2n) is 18.2. The van der Waals surface area contributed by atoms with Crippen molar-refractivity contribution in [2.75, 3.05) is 11.9 Å². The number of nitrogens with one attached hydrogen (secondary N) is 5. The van der Waals surface area contributed by atoms with Gasteiger partial charge in [0.2, 0.25) is 21.8 Å². The Morgan fingerprint density at radius 3 is 2.36 bits per heavy atom. The average molecular weight is 876 g/mol. The number of sulfonamides is 1. The van der Waals surface area contributed by atoms with Crippen LogP contribution in [0.4, 0.5) is 15.3 Å². The lowest BCUT2D eigenvalue weighted by Gasteiger charge is -2.36. The van der Waals surface area contributed by atoms with E-state index in [-0.39, 0.29) is 25.8 Å². The summed E-state index contributed by atoms with van der Waals surface area (Å²) in [4.78, 5) is 75.7. The van der Waals surface area contributed by atoms with Crippen LogP contribution >= 0.6 is 11.3 Å². The van der Waals surface area contributed by atoms with Crippen LogP contribution in [0.1, 0.15) is 84.8 Å². The molecule has 17 heteroatoms. The number of urea groups is 1. The molecule has 2 heterocycles. The lowest BCUT2D eigenvalue weighted by molar-refractivity contribution is -0.142. The van der Waals surface area contributed by atoms with Crippen LogP contribution in [0.25, 0.3) is 10.6 Å². The normalized spacial score (nSPS) is 22.3. The van der Waals surface area contributed by atoms with Crippen LogP contribution < -0.4 is 26.0 Å². The number of likely N-dealkylation sites (tertiary alicyclic amines) is 1. The highest BCUT2D eigenvalue weighted by Crippen LogP contribution is 2.48. The van der Waals surface area contributed by atoms with Gasteiger partial charge < -0.3 is 25.6 Å². The molecule has 1 saturated heterocycles. The van der Waals surface area contributed by atoms with Gasteiger partial charge in [-0.2, -0.15) is 0 Å². The van der Waals surface area contributed by atoms with Crippen LogP contribution in [-0.4, -0.2) is 88.7 Å². The van der Waals surface area contributed by atoms with E-state index in [0.29, 0.717) is 35.5 Å². The standard InChI is InChI=1S/C44H57N7O8S2/c1-9-29-25-44(29,38(54)50-61(57,58)43(18-19-43)24-28-14-12-11-13-15-28)48-35(52)33-23-30(59-40(56)46-32-22-27(3)16-17-31(32)36-45-20-21-60-36)26-51(33)37(53)34(41(4,5)6)47-39(55)49-42(7,8)10-2/h9,11-17,20-22,29-30,33-34H,1,10,18-19,23-26H2,2-8H3,(H,46,56)(H,48,52)(H,50,54)(H2,47,49,55)/t29?,30-,33+,34-,44-/m1/s1. The molecule has 2 saturated carbocycles. The number of aromatic nitrogens is 1. The first-order chi connectivity index (χ1) is 28.6. The molecule has 5 N–H and O–H groups in total. The Morgan fingerprint density at radius 1 is 1.07 bits per heavy atom. The molecule has 2 aromatic carbocycles. The first-order valence-electron chi connectivity index (χ1n) is 20.6. The Balaban J connectivity index is 1.24. The third-order valence-electron chi connectivity index (χ3n) is 11.9. The molecule has 328 valence electrons. The average Bonchev–Trinajstić information content (AvgIpc) is 3.99. The van der Waals surface area contributed by atoms with E-state index < -0.39 is 85.2 Å². The summed E-state index contributed by atoms with van der Waals surface area (Å²) in [7, 11) is -4.19. The van der Waals surface area contributed by atoms with Gasteiger partial charge in [-0.3, -0.25) is 24.4 Å². The van der Waals surface area contributed by atoms with Crippen LogP contribution in [0.3, 0.4) is 0 Å². The summed E-state index contributed by atoms with van der Waals surface area (Å²) in [6.07, 6.45) is 2.84. The number of hydrogen-bond acceptors (Lipinski definition) is 10. The van der Waals surface area contributed by atoms with Gasteiger partial charge in [-0.15, -0.1) is 17.9 Å². The quantitative estimate of drug-likeness (QED) is 0.117. The van der Waals surface area contributed by atoms with E-state index in [1.807, 2.05) is 75.5 Å². The lowest BCUT2D eigenvalue weighted by atomic mass is 9.85. The van der Waals surface area contributed by atoms with Crippen molar-refractivity contribution in [3.05, 3.63) is 83.9 Å². The molecule has 0 radical (unpaired) electrons. The van der Waals surface area contributed by atoms with Crippen LogP contribution in [0, 0.1) is 18.3 Å². The predicted octanol–water partition coefficient (Wildman–Crippen LogP) is 5.82. The minimum absolute atomic E-state index is 0.0791. The molecule has 1 aliphatic heterocycles. The minimum Gasteiger partial charge on any atom is -0.444 e. The van der Waals surface area contributed by atoms with Gasteiger partial charge in [-0.1, -0.05) is 70.2 Å². The van der Waals surface area contributed by atoms with Gasteiger partial charge in [0, 0.05) is 35.0 Å². The third kappa shape index (κ3) is 10.1. The van der Waals surface area contributed by atoms with E-state index in [2.05, 4.69) is 37.6 Å². The highest BCUT2D eigenvalue weighted by atomic mass is 32.2. The summed E-state index contributed by atoms with van der Waals surface area (Å²) in [5.41, 5.74) is -0.250. The SMILES string of the molecule is C=CC1C[C@]1(NC(=O)[C@@H]1C[C@@H](OC(=O)Nc2cc(C)ccc2-c2nccs2)CN1C(=O)[C@@H](NC(=O)NC(C)(C)CC)C(C)(C)C)C(=O)NS(=O)(=O)C1(Cc2ccccc2)CC1. The third-order valence-corrected chi connectivity index (χ3v) is 14.9. The molecular weight excluding hydrogens is 819 g/mol. The van der Waals surface area contributed by atoms with Crippen molar-refractivity contribution in [1.82, 2.24) is 30.6 Å². The fourth-order valence-corrected chi connectivity index (χ4v) is 9.97. The van der Waals surface area contributed by atoms with Crippen molar-refractivity contribution in [1.29, 1.82) is 0 Å². The number of aryl methyl sites for hydroxylation is 1. The van der Waals surface area contributed by atoms with Crippen LogP contribution in [0.5, 0.6) is 0 Å². The van der Waals surface area contributed by atoms with E-state index in [0.717, 1.165) is 11.1 Å². The molecule has 3 aliphatic rings. The van der Waals surface area contributed by atoms with E-state index in [4.69, 9.17) is 4.74 Å². The molecule has 0 spiro atoms. The fraction of sp³-hybridized carbons (Fsp3) is 0.500. The fourth-order valence-electron chi connectivity index (χ4n) is 7.65. The van der Waals surface area contributed by atoms with Gasteiger partial charge in [0.1, 0.15) is 28.7 Å². The summed E-state index contributed by atoms with van der Waals surface area (Å²) in [6.45, 7) is 16.4. The molecule has 1 unspecified atom stereocenters. The largest absolute Gasteiger partial charge is 0.444 e. The number of ether oxygens (including phenoxy) is 1. The first-order valence-corrected chi connectivity index (χ1v) is 22.9. The Hall–Kier alpha value is -5.29. The molecule has 5 atom stereocenters. The molecule has 15 nitrogen and oxygen atoms in total. The molecule has 61 heavy (non-hydrogen) atoms. The maximum Gasteiger partial charge on any atom is 0.411 e. The van der Waals surface area contributed by atoms with Crippen LogP contribution in [-0.2, 0) is 35.6 Å². The number of anilines is 1. The topological polar surface area (TPSA) is 205 Å². The van der Waals surface area contributed by atoms with E-state index >= 15 is 0 Å². The van der Waals surface area contributed by atoms with Gasteiger partial charge >= 0.3 is 12.1 Å². The predicted molar refractivity (Wildman–Crippen MR) is 234 cm³/mol. The van der Waals surface area contributed by atoms with Crippen molar-refractivity contribution in [3.63, 3.8) is 0 Å². The molecule has 0 bridgehead atoms. The van der Waals surface area contributed by atoms with Gasteiger partial charge in [-0.25, -0.2) is 23.0 Å². The zero-order valence-electron chi connectivity index (χ0n) is 35.8. The van der Waals surface area contributed by atoms with Crippen LogP contribution in [0.2, 0.25) is 0 Å². The summed E-state index contributed by atoms with van der Waals surface area (Å²) in [6, 6.07) is 11.7. The highest BCUT2D eigenvalue weighted by molar-refractivity contribution is 7.91. The summed E-state index contributed by atoms with van der Waals surface area (Å²) >= 11 is 1.40. The smallest absolute Gasteiger partial charge is 0.411 e. The van der Waals surface area contributed by atoms with Gasteiger partial charge in [0.05, 0.1) is 17.0 Å². The Morgan fingerprint density at radius 2 is 1.77 bits per heavy atom. The molecule has 2 aliphatic carbocycles. The Kier molecular flexibility index (Phi) is 12.8. The second-order valence-corrected chi connectivity index (χ2v) is 21.2. The van der Waals surface area contributed by atoms with Crippen molar-refractivity contribution in [3.8, 4) is 10.6 Å². The second kappa shape index (κ2) is 17.2. The molecule has 3 aromatic rings. The van der Waals surface area contributed by atoms with E-state index in [9.17, 15) is 32.4 Å². The number of amides is 6. The summed E-state index contributed by atoms with van der Waals surface area (Å²) < 4.78 is 34.6. The number of carbonyl (C=O) groups excluding carboxylic acids is 5. The highest BCUT2D eigenvalue weighted by Gasteiger charge is 2.63. The molecule has 1 aromatic heterocycles. The monoisotopic (exact) mass is 875 g/mol. The number of thiazole rings is 1. The maximum absolute atomic E-state index is 14.7. The van der Waals surface area contributed by atoms with E-state index in [1.54, 1.807) is 33.0 Å².